The van der Waals surface area contributed by atoms with Crippen LogP contribution in [0.2, 0.25) is 0 Å². The maximum atomic E-state index is 7.44. The second-order valence-corrected chi connectivity index (χ2v) is 0.890. The van der Waals surface area contributed by atoms with Gasteiger partial charge in [0, 0.05) is 13.3 Å². The lowest BCUT2D eigenvalue weighted by molar-refractivity contribution is 0.321. The molecule has 0 aliphatic rings. The van der Waals surface area contributed by atoms with E-state index in [-0.39, 0.29) is 7.43 Å². The van der Waals surface area contributed by atoms with Gasteiger partial charge in [0.15, 0.2) is 0 Å². The summed E-state index contributed by atoms with van der Waals surface area (Å²) in [6, 6.07) is 0. The third kappa shape index (κ3) is 145. The fraction of sp³-hybridized carbons (Fsp3) is 0.667. The minimum Gasteiger partial charge on any atom is -0.411 e. The van der Waals surface area contributed by atoms with Crippen molar-refractivity contribution >= 4 is 12.4 Å². The Morgan fingerprint density at radius 2 is 1.44 bits per heavy atom. The van der Waals surface area contributed by atoms with Crippen LogP contribution < -0.4 is 0 Å². The molecular weight excluding hydrogens is 116 g/mol. The van der Waals surface area contributed by atoms with Crippen molar-refractivity contribution in [2.24, 2.45) is 10.1 Å². The minimum atomic E-state index is 0. The van der Waals surface area contributed by atoms with Gasteiger partial charge in [-0.3, -0.25) is 0 Å². The highest BCUT2D eigenvalue weighted by atomic mass is 16.4. The fourth-order valence-electron chi connectivity index (χ4n) is 0. The Morgan fingerprint density at radius 3 is 1.44 bits per heavy atom. The lowest BCUT2D eigenvalue weighted by atomic mass is 10.9. The van der Waals surface area contributed by atoms with Crippen LogP contribution in [-0.2, 0) is 0 Å². The first-order chi connectivity index (χ1) is 3.83. The Balaban J connectivity index is -0.0000000720. The molecule has 0 heterocycles. The third-order valence-electron chi connectivity index (χ3n) is 0.374. The molecule has 0 aliphatic carbocycles. The largest absolute Gasteiger partial charge is 0.411 e. The molecule has 0 amide bonds. The topological polar surface area (TPSA) is 45.0 Å². The predicted molar refractivity (Wildman–Crippen MR) is 42.8 cm³/mol. The summed E-state index contributed by atoms with van der Waals surface area (Å²) in [5, 5.41) is 10.1. The SMILES string of the molecule is C.C/C=N/O.CC=NC. The molecule has 56 valence electrons. The van der Waals surface area contributed by atoms with Crippen molar-refractivity contribution in [3.05, 3.63) is 0 Å². The third-order valence-corrected chi connectivity index (χ3v) is 0.374. The van der Waals surface area contributed by atoms with E-state index in [4.69, 9.17) is 5.21 Å². The van der Waals surface area contributed by atoms with Crippen molar-refractivity contribution in [2.75, 3.05) is 7.05 Å². The van der Waals surface area contributed by atoms with E-state index in [1.807, 2.05) is 6.92 Å². The molecule has 0 aromatic heterocycles. The zero-order valence-electron chi connectivity index (χ0n) is 5.50. The maximum absolute atomic E-state index is 7.44. The fourth-order valence-corrected chi connectivity index (χ4v) is 0. The van der Waals surface area contributed by atoms with Gasteiger partial charge in [-0.1, -0.05) is 7.43 Å². The van der Waals surface area contributed by atoms with Crippen LogP contribution in [-0.4, -0.2) is 24.7 Å². The Morgan fingerprint density at radius 1 is 1.22 bits per heavy atom. The van der Waals surface area contributed by atoms with Crippen molar-refractivity contribution in [1.82, 2.24) is 0 Å². The highest BCUT2D eigenvalue weighted by molar-refractivity contribution is 5.52. The quantitative estimate of drug-likeness (QED) is 0.305. The van der Waals surface area contributed by atoms with Crippen LogP contribution in [0.15, 0.2) is 10.1 Å². The standard InChI is InChI=1S/C3H7N.C2H5NO.CH4/c1-3-4-2;1-2-3-4;/h3H,1-2H3;2,4H,1H3;1H4/b;3-2+;. The van der Waals surface area contributed by atoms with Crippen LogP contribution in [0, 0.1) is 0 Å². The second kappa shape index (κ2) is 27.3. The molecule has 0 atom stereocenters. The molecule has 0 bridgehead atoms. The van der Waals surface area contributed by atoms with Gasteiger partial charge in [0.25, 0.3) is 0 Å². The van der Waals surface area contributed by atoms with E-state index in [0.717, 1.165) is 0 Å². The molecule has 1 N–H and O–H groups in total. The summed E-state index contributed by atoms with van der Waals surface area (Å²) >= 11 is 0. The zero-order valence-corrected chi connectivity index (χ0v) is 5.50. The first kappa shape index (κ1) is 15.7. The lowest BCUT2D eigenvalue weighted by Gasteiger charge is -1.54. The number of oxime groups is 1. The zero-order chi connectivity index (χ0) is 6.83. The molecule has 0 saturated heterocycles. The van der Waals surface area contributed by atoms with Gasteiger partial charge in [0.05, 0.1) is 0 Å². The van der Waals surface area contributed by atoms with Gasteiger partial charge < -0.3 is 10.2 Å². The molecule has 0 radical (unpaired) electrons. The van der Waals surface area contributed by atoms with Gasteiger partial charge in [0.1, 0.15) is 0 Å². The first-order valence-corrected chi connectivity index (χ1v) is 2.32. The van der Waals surface area contributed by atoms with E-state index in [1.54, 1.807) is 20.2 Å². The van der Waals surface area contributed by atoms with Gasteiger partial charge in [-0.2, -0.15) is 0 Å². The molecule has 0 aromatic rings. The van der Waals surface area contributed by atoms with Gasteiger partial charge >= 0.3 is 0 Å². The molecular formula is C6H16N2O. The van der Waals surface area contributed by atoms with E-state index < -0.39 is 0 Å². The number of hydrogen-bond acceptors (Lipinski definition) is 3. The molecule has 9 heavy (non-hydrogen) atoms. The van der Waals surface area contributed by atoms with E-state index >= 15 is 0 Å². The van der Waals surface area contributed by atoms with Gasteiger partial charge in [-0.15, -0.1) is 5.16 Å². The van der Waals surface area contributed by atoms with Crippen molar-refractivity contribution in [2.45, 2.75) is 21.3 Å². The average molecular weight is 132 g/mol. The Labute approximate surface area is 57.1 Å². The van der Waals surface area contributed by atoms with E-state index in [1.165, 1.54) is 6.21 Å². The van der Waals surface area contributed by atoms with Crippen LogP contribution in [0.3, 0.4) is 0 Å². The number of rotatable bonds is 0. The van der Waals surface area contributed by atoms with Crippen LogP contribution in [0.25, 0.3) is 0 Å². The van der Waals surface area contributed by atoms with Crippen LogP contribution >= 0.6 is 0 Å². The monoisotopic (exact) mass is 132 g/mol. The molecule has 0 spiro atoms. The molecule has 0 aromatic carbocycles. The summed E-state index contributed by atoms with van der Waals surface area (Å²) in [6.45, 7) is 3.53. The van der Waals surface area contributed by atoms with Crippen molar-refractivity contribution in [3.63, 3.8) is 0 Å². The highest BCUT2D eigenvalue weighted by Gasteiger charge is 1.34. The van der Waals surface area contributed by atoms with Crippen molar-refractivity contribution in [3.8, 4) is 0 Å². The average Bonchev–Trinajstić information content (AvgIpc) is 1.88. The maximum Gasteiger partial charge on any atom is 0.0404 e. The summed E-state index contributed by atoms with van der Waals surface area (Å²) in [4.78, 5) is 3.61. The highest BCUT2D eigenvalue weighted by Crippen LogP contribution is 1.39. The number of nitrogens with zero attached hydrogens (tertiary/aromatic N) is 2. The first-order valence-electron chi connectivity index (χ1n) is 2.32. The summed E-state index contributed by atoms with van der Waals surface area (Å²) < 4.78 is 0. The lowest BCUT2D eigenvalue weighted by Crippen LogP contribution is -1.49. The number of aliphatic imine (C=N–C) groups is 1. The van der Waals surface area contributed by atoms with Gasteiger partial charge in [-0.05, 0) is 20.1 Å². The Kier molecular flexibility index (Phi) is 47.6. The Hall–Kier alpha value is -0.860. The van der Waals surface area contributed by atoms with Crippen molar-refractivity contribution in [1.29, 1.82) is 0 Å². The molecule has 0 unspecified atom stereocenters. The molecule has 0 fully saturated rings. The molecule has 0 saturated carbocycles. The van der Waals surface area contributed by atoms with E-state index in [0.29, 0.717) is 0 Å². The predicted octanol–water partition coefficient (Wildman–Crippen LogP) is 1.81. The van der Waals surface area contributed by atoms with Gasteiger partial charge in [0.2, 0.25) is 0 Å². The van der Waals surface area contributed by atoms with Crippen molar-refractivity contribution < 1.29 is 5.21 Å². The minimum absolute atomic E-state index is 0. The normalized spacial score (nSPS) is 8.33. The van der Waals surface area contributed by atoms with E-state index in [2.05, 4.69) is 10.1 Å². The smallest absolute Gasteiger partial charge is 0.0404 e. The van der Waals surface area contributed by atoms with Crippen LogP contribution in [0.1, 0.15) is 21.3 Å². The van der Waals surface area contributed by atoms with Crippen LogP contribution in [0.5, 0.6) is 0 Å². The summed E-state index contributed by atoms with van der Waals surface area (Å²) in [6.07, 6.45) is 3.06. The molecule has 0 rings (SSSR count). The summed E-state index contributed by atoms with van der Waals surface area (Å²) in [5.74, 6) is 0. The molecule has 0 aliphatic heterocycles. The Bertz CT molecular complexity index is 51.5. The molecule has 3 heteroatoms. The second-order valence-electron chi connectivity index (χ2n) is 0.890. The molecule has 3 nitrogen and oxygen atoms in total. The summed E-state index contributed by atoms with van der Waals surface area (Å²) in [7, 11) is 1.75. The van der Waals surface area contributed by atoms with E-state index in [9.17, 15) is 0 Å². The van der Waals surface area contributed by atoms with Crippen LogP contribution in [0.4, 0.5) is 0 Å². The summed E-state index contributed by atoms with van der Waals surface area (Å²) in [5.41, 5.74) is 0. The van der Waals surface area contributed by atoms with Gasteiger partial charge in [-0.25, -0.2) is 0 Å². The number of hydrogen-bond donors (Lipinski definition) is 1.